The highest BCUT2D eigenvalue weighted by Gasteiger charge is 2.34. The fourth-order valence-electron chi connectivity index (χ4n) is 4.63. The Labute approximate surface area is 201 Å². The van der Waals surface area contributed by atoms with E-state index >= 15 is 0 Å². The second-order valence-corrected chi connectivity index (χ2v) is 9.05. The van der Waals surface area contributed by atoms with Crippen molar-refractivity contribution in [2.24, 2.45) is 5.92 Å². The molecule has 0 aliphatic carbocycles. The van der Waals surface area contributed by atoms with Gasteiger partial charge >= 0.3 is 0 Å². The van der Waals surface area contributed by atoms with Crippen molar-refractivity contribution in [3.63, 3.8) is 0 Å². The number of para-hydroxylation sites is 1. The zero-order valence-corrected chi connectivity index (χ0v) is 20.7. The predicted octanol–water partition coefficient (Wildman–Crippen LogP) is 2.08. The van der Waals surface area contributed by atoms with E-state index in [9.17, 15) is 14.9 Å². The summed E-state index contributed by atoms with van der Waals surface area (Å²) in [7, 11) is 6.61. The number of benzene rings is 1. The van der Waals surface area contributed by atoms with Crippen LogP contribution < -0.4 is 4.74 Å². The largest absolute Gasteiger partial charge is 0.489 e. The van der Waals surface area contributed by atoms with Crippen molar-refractivity contribution in [2.75, 3.05) is 48.0 Å². The summed E-state index contributed by atoms with van der Waals surface area (Å²) in [5, 5.41) is 9.66. The number of fused-ring (bicyclic) bond motifs is 3. The molecule has 2 heterocycles. The first-order chi connectivity index (χ1) is 16.3. The molecular weight excluding hydrogens is 438 g/mol. The molecule has 0 unspecified atom stereocenters. The van der Waals surface area contributed by atoms with Gasteiger partial charge in [-0.3, -0.25) is 9.59 Å². The lowest BCUT2D eigenvalue weighted by atomic mass is 9.98. The van der Waals surface area contributed by atoms with Gasteiger partial charge in [0.05, 0.1) is 35.4 Å². The summed E-state index contributed by atoms with van der Waals surface area (Å²) in [5.74, 6) is -0.582. The van der Waals surface area contributed by atoms with Crippen molar-refractivity contribution in [2.45, 2.75) is 50.6 Å². The molecule has 2 aliphatic rings. The molecule has 1 aromatic carbocycles. The molecule has 34 heavy (non-hydrogen) atoms. The lowest BCUT2D eigenvalue weighted by Gasteiger charge is -2.37. The average Bonchev–Trinajstić information content (AvgIpc) is 2.86. The maximum Gasteiger partial charge on any atom is 0.257 e. The molecule has 5 atom stereocenters. The molecular formula is C25H35N3O6. The van der Waals surface area contributed by atoms with Crippen molar-refractivity contribution in [1.82, 2.24) is 9.80 Å². The minimum absolute atomic E-state index is 0.0441. The van der Waals surface area contributed by atoms with Crippen LogP contribution in [-0.4, -0.2) is 94.0 Å². The van der Waals surface area contributed by atoms with Crippen LogP contribution in [0.4, 0.5) is 0 Å². The first-order valence-corrected chi connectivity index (χ1v) is 11.7. The molecule has 0 N–H and O–H groups in total. The van der Waals surface area contributed by atoms with Gasteiger partial charge in [-0.05, 0) is 31.4 Å². The number of hydrogen-bond donors (Lipinski definition) is 0. The van der Waals surface area contributed by atoms with Crippen LogP contribution in [-0.2, 0) is 19.0 Å². The fraction of sp³-hybridized carbons (Fsp3) is 0.640. The maximum absolute atomic E-state index is 13.4. The summed E-state index contributed by atoms with van der Waals surface area (Å²) in [6.45, 7) is 2.72. The maximum atomic E-state index is 13.4. The zero-order valence-electron chi connectivity index (χ0n) is 20.7. The van der Waals surface area contributed by atoms with Crippen LogP contribution >= 0.6 is 0 Å². The number of carbonyl (C=O) groups excluding carboxylic acids is 2. The molecule has 3 rings (SSSR count). The Morgan fingerprint density at radius 2 is 1.79 bits per heavy atom. The number of rotatable bonds is 2. The van der Waals surface area contributed by atoms with Crippen molar-refractivity contribution < 1.29 is 28.5 Å². The summed E-state index contributed by atoms with van der Waals surface area (Å²) in [4.78, 5) is 29.7. The third kappa shape index (κ3) is 5.69. The van der Waals surface area contributed by atoms with E-state index in [0.717, 1.165) is 12.8 Å². The van der Waals surface area contributed by atoms with Crippen LogP contribution in [0.15, 0.2) is 18.2 Å². The molecule has 0 aromatic heterocycles. The zero-order chi connectivity index (χ0) is 24.8. The van der Waals surface area contributed by atoms with Crippen LogP contribution in [0.1, 0.15) is 42.1 Å². The molecule has 0 spiro atoms. The van der Waals surface area contributed by atoms with E-state index in [4.69, 9.17) is 18.9 Å². The molecule has 2 aliphatic heterocycles. The van der Waals surface area contributed by atoms with E-state index < -0.39 is 12.0 Å². The number of carbonyl (C=O) groups is 2. The minimum Gasteiger partial charge on any atom is -0.489 e. The van der Waals surface area contributed by atoms with Gasteiger partial charge in [0.1, 0.15) is 24.5 Å². The topological polar surface area (TPSA) is 101 Å². The highest BCUT2D eigenvalue weighted by atomic mass is 16.6. The first-order valence-electron chi connectivity index (χ1n) is 11.7. The molecule has 9 heteroatoms. The monoisotopic (exact) mass is 473 g/mol. The smallest absolute Gasteiger partial charge is 0.257 e. The van der Waals surface area contributed by atoms with E-state index in [1.54, 1.807) is 44.3 Å². The van der Waals surface area contributed by atoms with Crippen LogP contribution in [0.5, 0.6) is 5.75 Å². The van der Waals surface area contributed by atoms with Gasteiger partial charge in [-0.1, -0.05) is 13.0 Å². The summed E-state index contributed by atoms with van der Waals surface area (Å²) in [6, 6.07) is 7.04. The number of nitrogens with zero attached hydrogens (tertiary/aromatic N) is 3. The standard InChI is InChI=1S/C25H35N3O6/c1-16-21(32-5)14-28(3)25(30)19-8-6-7-17(13-26)23(19)33-15-22-20(31-4)10-9-18(34-22)11-12-27(2)24(16)29/h6-8,16,18,20-22H,9-12,14-15H2,1-5H3/t16-,18+,20-,21-,22-/m1/s1. The normalized spacial score (nSPS) is 29.2. The van der Waals surface area contributed by atoms with Crippen molar-refractivity contribution in [1.29, 1.82) is 5.26 Å². The SMILES string of the molecule is CO[C@@H]1CC[C@H]2CCN(C)C(=O)[C@H](C)[C@H](OC)CN(C)C(=O)c3cccc(C#N)c3OC[C@H]1O2. The third-order valence-electron chi connectivity index (χ3n) is 6.83. The lowest BCUT2D eigenvalue weighted by Crippen LogP contribution is -2.47. The molecule has 1 saturated heterocycles. The molecule has 1 aromatic rings. The lowest BCUT2D eigenvalue weighted by molar-refractivity contribution is -0.147. The van der Waals surface area contributed by atoms with E-state index in [1.165, 1.54) is 12.0 Å². The van der Waals surface area contributed by atoms with Crippen LogP contribution in [0, 0.1) is 17.2 Å². The van der Waals surface area contributed by atoms with Gasteiger partial charge in [0.15, 0.2) is 0 Å². The number of likely N-dealkylation sites (N-methyl/N-ethyl adjacent to an activating group) is 1. The summed E-state index contributed by atoms with van der Waals surface area (Å²) in [6.07, 6.45) is 1.25. The Balaban J connectivity index is 1.98. The average molecular weight is 474 g/mol. The Morgan fingerprint density at radius 3 is 2.47 bits per heavy atom. The van der Waals surface area contributed by atoms with Gasteiger partial charge in [0.2, 0.25) is 5.91 Å². The van der Waals surface area contributed by atoms with E-state index in [1.807, 2.05) is 6.92 Å². The highest BCUT2D eigenvalue weighted by Crippen LogP contribution is 2.29. The van der Waals surface area contributed by atoms with Crippen molar-refractivity contribution >= 4 is 11.8 Å². The number of amides is 2. The predicted molar refractivity (Wildman–Crippen MR) is 125 cm³/mol. The second-order valence-electron chi connectivity index (χ2n) is 9.05. The molecule has 1 fully saturated rings. The summed E-state index contributed by atoms with van der Waals surface area (Å²) >= 11 is 0. The van der Waals surface area contributed by atoms with E-state index in [2.05, 4.69) is 6.07 Å². The Kier molecular flexibility index (Phi) is 8.89. The summed E-state index contributed by atoms with van der Waals surface area (Å²) in [5.41, 5.74) is 0.552. The van der Waals surface area contributed by atoms with Crippen LogP contribution in [0.3, 0.4) is 0 Å². The van der Waals surface area contributed by atoms with Gasteiger partial charge in [-0.25, -0.2) is 0 Å². The Bertz CT molecular complexity index is 916. The van der Waals surface area contributed by atoms with Gasteiger partial charge in [0, 0.05) is 41.4 Å². The summed E-state index contributed by atoms with van der Waals surface area (Å²) < 4.78 is 23.6. The number of hydrogen-bond acceptors (Lipinski definition) is 7. The minimum atomic E-state index is -0.488. The Hall–Kier alpha value is -2.67. The van der Waals surface area contributed by atoms with E-state index in [-0.39, 0.29) is 60.2 Å². The third-order valence-corrected chi connectivity index (χ3v) is 6.83. The first kappa shape index (κ1) is 25.9. The second kappa shape index (κ2) is 11.6. The molecule has 9 nitrogen and oxygen atoms in total. The van der Waals surface area contributed by atoms with Gasteiger partial charge in [-0.2, -0.15) is 5.26 Å². The van der Waals surface area contributed by atoms with Crippen LogP contribution in [0.2, 0.25) is 0 Å². The number of ether oxygens (including phenoxy) is 4. The number of methoxy groups -OCH3 is 2. The van der Waals surface area contributed by atoms with Gasteiger partial charge in [-0.15, -0.1) is 0 Å². The highest BCUT2D eigenvalue weighted by molar-refractivity contribution is 5.97. The Morgan fingerprint density at radius 1 is 1.06 bits per heavy atom. The van der Waals surface area contributed by atoms with Crippen LogP contribution in [0.25, 0.3) is 0 Å². The number of nitriles is 1. The quantitative estimate of drug-likeness (QED) is 0.648. The molecule has 0 radical (unpaired) electrons. The molecule has 2 amide bonds. The van der Waals surface area contributed by atoms with E-state index in [0.29, 0.717) is 13.0 Å². The van der Waals surface area contributed by atoms with Gasteiger partial charge in [0.25, 0.3) is 5.91 Å². The molecule has 0 saturated carbocycles. The van der Waals surface area contributed by atoms with Crippen molar-refractivity contribution in [3.05, 3.63) is 29.3 Å². The van der Waals surface area contributed by atoms with Crippen molar-refractivity contribution in [3.8, 4) is 11.8 Å². The fourth-order valence-corrected chi connectivity index (χ4v) is 4.63. The molecule has 2 bridgehead atoms. The van der Waals surface area contributed by atoms with Gasteiger partial charge < -0.3 is 28.7 Å². The molecule has 186 valence electrons.